The molecule has 0 N–H and O–H groups in total. The maximum absolute atomic E-state index is 14.2. The van der Waals surface area contributed by atoms with Crippen molar-refractivity contribution in [3.05, 3.63) is 88.9 Å². The second-order valence-corrected chi connectivity index (χ2v) is 10.9. The molecule has 1 aliphatic carbocycles. The van der Waals surface area contributed by atoms with E-state index in [1.807, 2.05) is 18.2 Å². The number of nitriles is 1. The Balaban J connectivity index is 1.14. The summed E-state index contributed by atoms with van der Waals surface area (Å²) in [4.78, 5) is 25.9. The fourth-order valence-corrected chi connectivity index (χ4v) is 5.57. The van der Waals surface area contributed by atoms with Crippen LogP contribution in [0.3, 0.4) is 0 Å². The Morgan fingerprint density at radius 2 is 2.10 bits per heavy atom. The summed E-state index contributed by atoms with van der Waals surface area (Å²) >= 11 is 1.57. The van der Waals surface area contributed by atoms with Gasteiger partial charge in [-0.25, -0.2) is 24.1 Å². The van der Waals surface area contributed by atoms with Crippen LogP contribution in [0.15, 0.2) is 54.7 Å². The molecule has 6 rings (SSSR count). The molecule has 3 aromatic heterocycles. The third-order valence-electron chi connectivity index (χ3n) is 7.77. The molecule has 1 aromatic carbocycles. The summed E-state index contributed by atoms with van der Waals surface area (Å²) in [6, 6.07) is 13.6. The van der Waals surface area contributed by atoms with E-state index in [0.29, 0.717) is 23.9 Å². The number of imidazole rings is 1. The van der Waals surface area contributed by atoms with Crippen LogP contribution in [0.1, 0.15) is 58.8 Å². The standard InChI is InChI=1S/C31H27FIN5O4/c32-24-12-20(15-34)6-9-22(24)18-41-30-3-1-2-25(37-30)21-7-4-19(5-8-21)13-29-36-27-16-35-26(31(39)42-33)14-28(27)38(29)17-23-10-11-40-23/h1-3,6-7,9,12,14,16,19,23H,4-5,8,10-11,13,17-18H2/t19?,23-/m0/s1. The molecule has 4 aromatic rings. The van der Waals surface area contributed by atoms with E-state index in [0.717, 1.165) is 66.8 Å². The quantitative estimate of drug-likeness (QED) is 0.194. The number of ether oxygens (including phenoxy) is 2. The summed E-state index contributed by atoms with van der Waals surface area (Å²) in [5, 5.41) is 8.94. The Kier molecular flexibility index (Phi) is 8.43. The number of carbonyl (C=O) groups is 1. The van der Waals surface area contributed by atoms with E-state index in [1.165, 1.54) is 6.07 Å². The normalized spacial score (nSPS) is 18.2. The highest BCUT2D eigenvalue weighted by Gasteiger charge is 2.25. The van der Waals surface area contributed by atoms with Gasteiger partial charge in [0.25, 0.3) is 0 Å². The first kappa shape index (κ1) is 28.2. The zero-order valence-electron chi connectivity index (χ0n) is 22.6. The van der Waals surface area contributed by atoms with Crippen LogP contribution in [-0.4, -0.2) is 38.2 Å². The monoisotopic (exact) mass is 679 g/mol. The fourth-order valence-electron chi connectivity index (χ4n) is 5.35. The molecule has 42 heavy (non-hydrogen) atoms. The van der Waals surface area contributed by atoms with Gasteiger partial charge in [-0.05, 0) is 61.4 Å². The zero-order chi connectivity index (χ0) is 29.1. The molecular weight excluding hydrogens is 652 g/mol. The van der Waals surface area contributed by atoms with Gasteiger partial charge in [0.05, 0.1) is 41.7 Å². The molecule has 11 heteroatoms. The molecule has 0 spiro atoms. The van der Waals surface area contributed by atoms with E-state index in [1.54, 1.807) is 53.5 Å². The highest BCUT2D eigenvalue weighted by atomic mass is 127. The minimum absolute atomic E-state index is 0.0261. The highest BCUT2D eigenvalue weighted by molar-refractivity contribution is 14.1. The first-order valence-corrected chi connectivity index (χ1v) is 14.7. The van der Waals surface area contributed by atoms with Crippen LogP contribution in [0.2, 0.25) is 0 Å². The number of fused-ring (bicyclic) bond motifs is 1. The van der Waals surface area contributed by atoms with Crippen molar-refractivity contribution in [1.29, 1.82) is 5.26 Å². The van der Waals surface area contributed by atoms with Crippen molar-refractivity contribution in [2.75, 3.05) is 6.61 Å². The van der Waals surface area contributed by atoms with Crippen LogP contribution in [0.5, 0.6) is 5.88 Å². The van der Waals surface area contributed by atoms with E-state index in [2.05, 4.69) is 20.6 Å². The Morgan fingerprint density at radius 1 is 1.21 bits per heavy atom. The summed E-state index contributed by atoms with van der Waals surface area (Å²) in [5.41, 5.74) is 4.51. The summed E-state index contributed by atoms with van der Waals surface area (Å²) in [7, 11) is 0. The van der Waals surface area contributed by atoms with Gasteiger partial charge in [-0.3, -0.25) is 0 Å². The zero-order valence-corrected chi connectivity index (χ0v) is 24.8. The first-order chi connectivity index (χ1) is 20.5. The number of rotatable bonds is 9. The molecular formula is C31H27FIN5O4. The number of benzene rings is 1. The van der Waals surface area contributed by atoms with Crippen molar-refractivity contribution < 1.29 is 21.7 Å². The molecule has 4 heterocycles. The van der Waals surface area contributed by atoms with Crippen molar-refractivity contribution in [3.63, 3.8) is 0 Å². The van der Waals surface area contributed by atoms with E-state index < -0.39 is 11.8 Å². The molecule has 1 fully saturated rings. The minimum Gasteiger partial charge on any atom is -0.473 e. The number of halogens is 2. The first-order valence-electron chi connectivity index (χ1n) is 13.8. The van der Waals surface area contributed by atoms with Gasteiger partial charge in [0, 0.05) is 24.7 Å². The van der Waals surface area contributed by atoms with Crippen molar-refractivity contribution in [2.24, 2.45) is 5.92 Å². The van der Waals surface area contributed by atoms with Crippen LogP contribution < -0.4 is 4.74 Å². The average molecular weight is 679 g/mol. The number of pyridine rings is 2. The molecule has 2 aliphatic rings. The summed E-state index contributed by atoms with van der Waals surface area (Å²) in [5.74, 6) is 0.830. The second-order valence-electron chi connectivity index (χ2n) is 10.5. The van der Waals surface area contributed by atoms with Crippen LogP contribution in [0.4, 0.5) is 4.39 Å². The topological polar surface area (TPSA) is 112 Å². The fraction of sp³-hybridized carbons (Fsp3) is 0.323. The predicted molar refractivity (Wildman–Crippen MR) is 160 cm³/mol. The smallest absolute Gasteiger partial charge is 0.366 e. The van der Waals surface area contributed by atoms with Gasteiger partial charge in [0.1, 0.15) is 23.8 Å². The SMILES string of the molecule is N#Cc1ccc(COc2cccc(C3=CCC(Cc4nc5cnc(C(=O)OI)cc5n4C[C@@H]4CCO4)CC3)n2)c(F)c1. The number of hydrogen-bond donors (Lipinski definition) is 0. The Hall–Kier alpha value is -3.89. The Bertz CT molecular complexity index is 1710. The second kappa shape index (κ2) is 12.5. The largest absolute Gasteiger partial charge is 0.473 e. The Morgan fingerprint density at radius 3 is 2.81 bits per heavy atom. The van der Waals surface area contributed by atoms with Gasteiger partial charge in [-0.2, -0.15) is 5.26 Å². The predicted octanol–water partition coefficient (Wildman–Crippen LogP) is 6.14. The number of aromatic nitrogens is 4. The van der Waals surface area contributed by atoms with E-state index in [9.17, 15) is 9.18 Å². The summed E-state index contributed by atoms with van der Waals surface area (Å²) in [6.07, 6.45) is 8.53. The van der Waals surface area contributed by atoms with Gasteiger partial charge in [-0.15, -0.1) is 0 Å². The molecule has 0 bridgehead atoms. The molecule has 0 amide bonds. The molecule has 1 saturated heterocycles. The van der Waals surface area contributed by atoms with E-state index in [4.69, 9.17) is 22.8 Å². The lowest BCUT2D eigenvalue weighted by Gasteiger charge is -2.28. The Labute approximate surface area is 256 Å². The van der Waals surface area contributed by atoms with Crippen LogP contribution in [0, 0.1) is 23.1 Å². The van der Waals surface area contributed by atoms with Gasteiger partial charge in [0.15, 0.2) is 28.7 Å². The average Bonchev–Trinajstić information content (AvgIpc) is 3.34. The molecule has 214 valence electrons. The minimum atomic E-state index is -0.485. The number of carbonyl (C=O) groups excluding carboxylic acids is 1. The van der Waals surface area contributed by atoms with Gasteiger partial charge >= 0.3 is 5.97 Å². The molecule has 0 radical (unpaired) electrons. The van der Waals surface area contributed by atoms with Crippen molar-refractivity contribution in [3.8, 4) is 11.9 Å². The van der Waals surface area contributed by atoms with Gasteiger partial charge in [-0.1, -0.05) is 18.2 Å². The van der Waals surface area contributed by atoms with E-state index >= 15 is 0 Å². The molecule has 9 nitrogen and oxygen atoms in total. The number of hydrogen-bond acceptors (Lipinski definition) is 8. The van der Waals surface area contributed by atoms with Gasteiger partial charge in [0.2, 0.25) is 5.88 Å². The van der Waals surface area contributed by atoms with Crippen molar-refractivity contribution in [1.82, 2.24) is 19.5 Å². The maximum Gasteiger partial charge on any atom is 0.366 e. The number of allylic oxidation sites excluding steroid dienone is 2. The third kappa shape index (κ3) is 6.15. The van der Waals surface area contributed by atoms with E-state index in [-0.39, 0.29) is 24.0 Å². The lowest BCUT2D eigenvalue weighted by atomic mass is 9.86. The van der Waals surface area contributed by atoms with Crippen molar-refractivity contribution >= 4 is 45.6 Å². The molecule has 1 aliphatic heterocycles. The molecule has 0 saturated carbocycles. The van der Waals surface area contributed by atoms with Gasteiger partial charge < -0.3 is 17.1 Å². The van der Waals surface area contributed by atoms with Crippen LogP contribution in [0.25, 0.3) is 16.6 Å². The van der Waals surface area contributed by atoms with Crippen molar-refractivity contribution in [2.45, 2.75) is 51.4 Å². The molecule has 2 atom stereocenters. The summed E-state index contributed by atoms with van der Waals surface area (Å²) in [6.45, 7) is 1.48. The summed E-state index contributed by atoms with van der Waals surface area (Å²) < 4.78 is 32.7. The molecule has 1 unspecified atom stereocenters. The number of nitrogens with zero attached hydrogens (tertiary/aromatic N) is 5. The third-order valence-corrected chi connectivity index (χ3v) is 8.17. The van der Waals surface area contributed by atoms with Crippen LogP contribution >= 0.6 is 23.0 Å². The lowest BCUT2D eigenvalue weighted by molar-refractivity contribution is -0.0590. The van der Waals surface area contributed by atoms with Crippen LogP contribution in [-0.2, 0) is 27.4 Å². The highest BCUT2D eigenvalue weighted by Crippen LogP contribution is 2.33. The maximum atomic E-state index is 14.2. The lowest BCUT2D eigenvalue weighted by Crippen LogP contribution is -2.32.